The second-order valence-electron chi connectivity index (χ2n) is 5.83. The second-order valence-corrected chi connectivity index (χ2v) is 7.03. The number of hydrogen-bond acceptors (Lipinski definition) is 3. The number of thioether (sulfide) groups is 1. The molecule has 2 bridgehead atoms. The van der Waals surface area contributed by atoms with Gasteiger partial charge in [0.25, 0.3) is 0 Å². The van der Waals surface area contributed by atoms with E-state index in [1.165, 1.54) is 25.7 Å². The summed E-state index contributed by atoms with van der Waals surface area (Å²) in [7, 11) is 0. The van der Waals surface area contributed by atoms with Gasteiger partial charge in [-0.3, -0.25) is 0 Å². The van der Waals surface area contributed by atoms with Crippen LogP contribution in [0.3, 0.4) is 0 Å². The largest absolute Gasteiger partial charge is 0.367 e. The molecule has 16 heavy (non-hydrogen) atoms. The molecule has 0 aromatic heterocycles. The summed E-state index contributed by atoms with van der Waals surface area (Å²) in [5, 5.41) is 0. The van der Waals surface area contributed by atoms with E-state index >= 15 is 0 Å². The minimum atomic E-state index is 0.471. The van der Waals surface area contributed by atoms with Crippen LogP contribution in [0, 0.1) is 23.7 Å². The minimum Gasteiger partial charge on any atom is -0.367 e. The Kier molecular flexibility index (Phi) is 2.32. The van der Waals surface area contributed by atoms with E-state index in [4.69, 9.17) is 9.47 Å². The van der Waals surface area contributed by atoms with Crippen LogP contribution >= 0.6 is 11.8 Å². The Balaban J connectivity index is 1.59. The molecule has 3 heterocycles. The molecule has 1 aliphatic carbocycles. The van der Waals surface area contributed by atoms with Gasteiger partial charge in [-0.1, -0.05) is 31.5 Å². The zero-order valence-corrected chi connectivity index (χ0v) is 10.6. The van der Waals surface area contributed by atoms with Crippen molar-refractivity contribution in [2.24, 2.45) is 23.7 Å². The van der Waals surface area contributed by atoms with Gasteiger partial charge in [-0.2, -0.15) is 0 Å². The highest BCUT2D eigenvalue weighted by Gasteiger charge is 2.63. The highest BCUT2D eigenvalue weighted by molar-refractivity contribution is 8.00. The van der Waals surface area contributed by atoms with Crippen LogP contribution in [0.2, 0.25) is 0 Å². The summed E-state index contributed by atoms with van der Waals surface area (Å²) in [4.78, 5) is 0. The molecule has 0 radical (unpaired) electrons. The lowest BCUT2D eigenvalue weighted by Gasteiger charge is -2.29. The standard InChI is InChI=1S/C13H20O2S/c1-2-3-4-10-11-8-5-7-9(11)6-14-12(7)16-13(8)15-10/h7-13H,2-6H2,1H3/t7-,8+,9+,10+,11+,12-,13+/m0/s1. The van der Waals surface area contributed by atoms with Gasteiger partial charge >= 0.3 is 0 Å². The average Bonchev–Trinajstić information content (AvgIpc) is 2.90. The maximum absolute atomic E-state index is 6.28. The van der Waals surface area contributed by atoms with Crippen LogP contribution in [0.15, 0.2) is 0 Å². The molecule has 0 aromatic carbocycles. The second kappa shape index (κ2) is 3.63. The topological polar surface area (TPSA) is 18.5 Å². The van der Waals surface area contributed by atoms with Crippen molar-refractivity contribution in [1.29, 1.82) is 0 Å². The van der Waals surface area contributed by atoms with Crippen LogP contribution in [0.5, 0.6) is 0 Å². The Labute approximate surface area is 101 Å². The third-order valence-corrected chi connectivity index (χ3v) is 6.57. The van der Waals surface area contributed by atoms with E-state index in [2.05, 4.69) is 6.92 Å². The van der Waals surface area contributed by atoms with Crippen LogP contribution in [0.1, 0.15) is 32.6 Å². The lowest BCUT2D eigenvalue weighted by molar-refractivity contribution is 0.0436. The Morgan fingerprint density at radius 2 is 2.12 bits per heavy atom. The van der Waals surface area contributed by atoms with E-state index in [9.17, 15) is 0 Å². The van der Waals surface area contributed by atoms with E-state index in [1.54, 1.807) is 0 Å². The molecule has 1 saturated carbocycles. The van der Waals surface area contributed by atoms with Gasteiger partial charge in [0.2, 0.25) is 0 Å². The van der Waals surface area contributed by atoms with Gasteiger partial charge in [0.15, 0.2) is 0 Å². The van der Waals surface area contributed by atoms with Gasteiger partial charge in [-0.25, -0.2) is 0 Å². The predicted molar refractivity (Wildman–Crippen MR) is 64.1 cm³/mol. The molecule has 4 rings (SSSR count). The number of unbranched alkanes of at least 4 members (excludes halogenated alkanes) is 1. The molecule has 0 unspecified atom stereocenters. The van der Waals surface area contributed by atoms with Crippen molar-refractivity contribution in [3.05, 3.63) is 0 Å². The molecule has 0 N–H and O–H groups in total. The van der Waals surface area contributed by atoms with Crippen molar-refractivity contribution in [3.8, 4) is 0 Å². The van der Waals surface area contributed by atoms with Crippen LogP contribution in [-0.4, -0.2) is 23.6 Å². The molecule has 0 aromatic rings. The van der Waals surface area contributed by atoms with Crippen molar-refractivity contribution < 1.29 is 9.47 Å². The van der Waals surface area contributed by atoms with Crippen molar-refractivity contribution in [2.75, 3.05) is 6.61 Å². The Morgan fingerprint density at radius 3 is 3.00 bits per heavy atom. The number of ether oxygens (including phenoxy) is 2. The van der Waals surface area contributed by atoms with Crippen LogP contribution in [-0.2, 0) is 9.47 Å². The van der Waals surface area contributed by atoms with E-state index in [0.717, 1.165) is 30.3 Å². The molecule has 4 fully saturated rings. The van der Waals surface area contributed by atoms with Gasteiger partial charge in [0, 0.05) is 11.8 Å². The first-order valence-corrected chi connectivity index (χ1v) is 7.75. The average molecular weight is 240 g/mol. The van der Waals surface area contributed by atoms with Gasteiger partial charge < -0.3 is 9.47 Å². The summed E-state index contributed by atoms with van der Waals surface area (Å²) in [6.07, 6.45) is 5.85. The highest BCUT2D eigenvalue weighted by atomic mass is 32.2. The lowest BCUT2D eigenvalue weighted by Crippen LogP contribution is -2.28. The molecular formula is C13H20O2S. The molecule has 7 atom stereocenters. The predicted octanol–water partition coefficient (Wildman–Crippen LogP) is 2.87. The smallest absolute Gasteiger partial charge is 0.109 e. The number of rotatable bonds is 3. The normalized spacial score (nSPS) is 57.2. The summed E-state index contributed by atoms with van der Waals surface area (Å²) in [5.41, 5.74) is 0.946. The van der Waals surface area contributed by atoms with Crippen molar-refractivity contribution in [2.45, 2.75) is 49.6 Å². The summed E-state index contributed by atoms with van der Waals surface area (Å²) in [5.74, 6) is 3.39. The molecule has 3 saturated heterocycles. The summed E-state index contributed by atoms with van der Waals surface area (Å²) in [6.45, 7) is 3.29. The molecule has 0 amide bonds. The zero-order chi connectivity index (χ0) is 10.7. The fraction of sp³-hybridized carbons (Fsp3) is 1.00. The number of hydrogen-bond donors (Lipinski definition) is 0. The first kappa shape index (κ1) is 10.2. The minimum absolute atomic E-state index is 0.471. The highest BCUT2D eigenvalue weighted by Crippen LogP contribution is 2.64. The molecule has 0 spiro atoms. The van der Waals surface area contributed by atoms with Crippen molar-refractivity contribution >= 4 is 11.8 Å². The molecule has 3 aliphatic heterocycles. The van der Waals surface area contributed by atoms with E-state index in [0.29, 0.717) is 17.0 Å². The molecular weight excluding hydrogens is 220 g/mol. The fourth-order valence-electron chi connectivity index (χ4n) is 4.41. The van der Waals surface area contributed by atoms with Crippen LogP contribution in [0.4, 0.5) is 0 Å². The molecule has 3 heteroatoms. The third-order valence-electron chi connectivity index (χ3n) is 5.08. The zero-order valence-electron chi connectivity index (χ0n) is 9.80. The van der Waals surface area contributed by atoms with Gasteiger partial charge in [0.1, 0.15) is 10.9 Å². The van der Waals surface area contributed by atoms with Gasteiger partial charge in [0.05, 0.1) is 12.7 Å². The third kappa shape index (κ3) is 1.23. The summed E-state index contributed by atoms with van der Waals surface area (Å²) in [6, 6.07) is 0. The Morgan fingerprint density at radius 1 is 1.19 bits per heavy atom. The maximum atomic E-state index is 6.28. The molecule has 90 valence electrons. The molecule has 2 nitrogen and oxygen atoms in total. The quantitative estimate of drug-likeness (QED) is 0.756. The first-order valence-electron chi connectivity index (χ1n) is 6.81. The van der Waals surface area contributed by atoms with Crippen LogP contribution in [0.25, 0.3) is 0 Å². The van der Waals surface area contributed by atoms with Gasteiger partial charge in [-0.05, 0) is 24.7 Å². The van der Waals surface area contributed by atoms with E-state index in [1.807, 2.05) is 11.8 Å². The molecule has 4 aliphatic rings. The summed E-state index contributed by atoms with van der Waals surface area (Å²) >= 11 is 1.99. The SMILES string of the molecule is CCCC[C@H]1O[C@@H]2S[C@@H]3OC[C@@H]4[C@@H]3C[C@@H]2[C@H]41. The fourth-order valence-corrected chi connectivity index (χ4v) is 6.04. The Bertz CT molecular complexity index is 296. The number of fused-ring (bicyclic) bond motifs is 1. The monoisotopic (exact) mass is 240 g/mol. The van der Waals surface area contributed by atoms with E-state index < -0.39 is 0 Å². The first-order chi connectivity index (χ1) is 7.88. The van der Waals surface area contributed by atoms with Crippen molar-refractivity contribution in [3.63, 3.8) is 0 Å². The lowest BCUT2D eigenvalue weighted by atomic mass is 9.84. The van der Waals surface area contributed by atoms with E-state index in [-0.39, 0.29) is 0 Å². The van der Waals surface area contributed by atoms with Crippen LogP contribution < -0.4 is 0 Å². The van der Waals surface area contributed by atoms with Crippen molar-refractivity contribution in [1.82, 2.24) is 0 Å². The Hall–Kier alpha value is 0.270. The maximum Gasteiger partial charge on any atom is 0.109 e. The summed E-state index contributed by atoms with van der Waals surface area (Å²) < 4.78 is 12.2. The van der Waals surface area contributed by atoms with Gasteiger partial charge in [-0.15, -0.1) is 0 Å².